The van der Waals surface area contributed by atoms with Crippen molar-refractivity contribution in [2.75, 3.05) is 43.5 Å². The van der Waals surface area contributed by atoms with Crippen molar-refractivity contribution >= 4 is 46.2 Å². The molecule has 0 radical (unpaired) electrons. The van der Waals surface area contributed by atoms with E-state index in [2.05, 4.69) is 42.0 Å². The number of unbranched alkanes of at least 4 members (excludes halogenated alkanes) is 68. The van der Waals surface area contributed by atoms with Crippen LogP contribution in [-0.4, -0.2) is 198 Å². The summed E-state index contributed by atoms with van der Waals surface area (Å²) in [5.74, 6) is -3.29. The minimum atomic E-state index is -1.76. The number of thiocarbonyl (C=S) groups is 2. The summed E-state index contributed by atoms with van der Waals surface area (Å²) in [7, 11) is 0. The third kappa shape index (κ3) is 63.0. The van der Waals surface area contributed by atoms with E-state index in [-0.39, 0.29) is 17.5 Å². The molecule has 0 bridgehead atoms. The molecule has 26 heteroatoms. The maximum atomic E-state index is 14.6. The number of aliphatic hydroxyl groups excluding tert-OH is 10. The lowest BCUT2D eigenvalue weighted by Crippen LogP contribution is -2.62. The smallest absolute Gasteiger partial charge is 0.261 e. The molecule has 4 rings (SSSR count). The van der Waals surface area contributed by atoms with Gasteiger partial charge in [0.2, 0.25) is 0 Å². The number of nitrogens with one attached hydrogen (secondary N) is 4. The van der Waals surface area contributed by atoms with Crippen molar-refractivity contribution in [1.29, 1.82) is 0 Å². The zero-order chi connectivity index (χ0) is 101. The lowest BCUT2D eigenvalue weighted by Gasteiger charge is -2.43. The summed E-state index contributed by atoms with van der Waals surface area (Å²) in [6.45, 7) is 6.68. The Labute approximate surface area is 858 Å². The fourth-order valence-corrected chi connectivity index (χ4v) is 20.2. The van der Waals surface area contributed by atoms with Gasteiger partial charge in [-0.1, -0.05) is 476 Å². The first-order valence-electron chi connectivity index (χ1n) is 57.8. The third-order valence-electron chi connectivity index (χ3n) is 29.1. The highest BCUT2D eigenvalue weighted by Crippen LogP contribution is 2.32. The van der Waals surface area contributed by atoms with Gasteiger partial charge in [0.1, 0.15) is 91.0 Å². The molecule has 2 saturated heterocycles. The molecule has 2 aromatic carbocycles. The van der Waals surface area contributed by atoms with Gasteiger partial charge in [-0.05, 0) is 93.9 Å². The van der Waals surface area contributed by atoms with Gasteiger partial charge in [-0.2, -0.15) is 0 Å². The topological polar surface area (TPSA) is 306 Å². The Balaban J connectivity index is 1.29. The molecular formula is C114H206F4N4O16S2. The number of para-hydroxylation sites is 1. The first-order chi connectivity index (χ1) is 68.2. The monoisotopic (exact) mass is 2030 g/mol. The van der Waals surface area contributed by atoms with Crippen LogP contribution in [-0.2, 0) is 28.4 Å². The van der Waals surface area contributed by atoms with E-state index in [1.54, 1.807) is 0 Å². The van der Waals surface area contributed by atoms with E-state index < -0.39 is 151 Å². The fraction of sp³-hybridized carbons (Fsp3) is 0.877. The maximum absolute atomic E-state index is 14.6. The second-order valence-corrected chi connectivity index (χ2v) is 42.4. The van der Waals surface area contributed by atoms with Crippen LogP contribution in [0.5, 0.6) is 0 Å². The molecule has 17 atom stereocenters. The predicted molar refractivity (Wildman–Crippen MR) is 572 cm³/mol. The lowest BCUT2D eigenvalue weighted by atomic mass is 9.92. The second-order valence-electron chi connectivity index (χ2n) is 41.6. The number of hydrogen-bond donors (Lipinski definition) is 14. The van der Waals surface area contributed by atoms with Crippen molar-refractivity contribution in [3.63, 3.8) is 0 Å². The molecule has 2 fully saturated rings. The van der Waals surface area contributed by atoms with Crippen LogP contribution in [0.15, 0.2) is 36.4 Å². The number of aliphatic hydroxyl groups is 10. The molecule has 2 aliphatic rings. The van der Waals surface area contributed by atoms with Crippen molar-refractivity contribution in [1.82, 2.24) is 10.6 Å². The van der Waals surface area contributed by atoms with Crippen molar-refractivity contribution in [3.8, 4) is 0 Å². The maximum Gasteiger partial charge on any atom is 0.261 e. The molecule has 20 nitrogen and oxygen atoms in total. The summed E-state index contributed by atoms with van der Waals surface area (Å²) < 4.78 is 93.7. The zero-order valence-corrected chi connectivity index (χ0v) is 89.7. The van der Waals surface area contributed by atoms with Crippen LogP contribution in [0.25, 0.3) is 0 Å². The van der Waals surface area contributed by atoms with Gasteiger partial charge in [-0.15, -0.1) is 0 Å². The molecule has 2 aromatic rings. The minimum Gasteiger partial charge on any atom is -0.468 e. The van der Waals surface area contributed by atoms with Gasteiger partial charge in [0.05, 0.1) is 54.9 Å². The SMILES string of the molecule is CCCCCCCCCCCCCCCCCCCCCCCCCCNC(CO[C@H]1O[C@H](COC(=S)Nc2cc(F)ccc2F)[C@H](O)[C@H](O)[C@H]1O)C(O)C(O)CCCCCCCCCCCCCCC(O[C@H]1O[C@H](COC(=S)Nc2c(F)cccc2F)[C@H](O)[C@H](O)[C@H]1O)[C@@H](NCCCCCCCCCCCCCCCCCCCCCCCCCC)[C@H](O)[C@H](O)CCCCCCCCCCCCCC. The fourth-order valence-electron chi connectivity index (χ4n) is 19.9. The molecule has 0 aromatic heterocycles. The number of halogens is 4. The highest BCUT2D eigenvalue weighted by Gasteiger charge is 2.48. The van der Waals surface area contributed by atoms with Gasteiger partial charge in [0.25, 0.3) is 10.3 Å². The van der Waals surface area contributed by atoms with E-state index in [0.717, 1.165) is 172 Å². The van der Waals surface area contributed by atoms with Gasteiger partial charge in [0.15, 0.2) is 12.6 Å². The van der Waals surface area contributed by atoms with Crippen LogP contribution >= 0.6 is 24.4 Å². The normalized spacial score (nSPS) is 19.9. The van der Waals surface area contributed by atoms with E-state index in [0.29, 0.717) is 45.2 Å². The van der Waals surface area contributed by atoms with Gasteiger partial charge in [-0.25, -0.2) is 17.6 Å². The van der Waals surface area contributed by atoms with Crippen LogP contribution in [0.2, 0.25) is 0 Å². The number of rotatable bonds is 96. The van der Waals surface area contributed by atoms with Crippen molar-refractivity contribution in [3.05, 3.63) is 59.7 Å². The Bertz CT molecular complexity index is 3180. The molecule has 140 heavy (non-hydrogen) atoms. The molecule has 2 heterocycles. The largest absolute Gasteiger partial charge is 0.468 e. The molecule has 4 unspecified atom stereocenters. The first kappa shape index (κ1) is 129. The average Bonchev–Trinajstić information content (AvgIpc) is 0.803. The number of ether oxygens (including phenoxy) is 6. The molecular weight excluding hydrogens is 1820 g/mol. The second kappa shape index (κ2) is 87.7. The Morgan fingerprint density at radius 1 is 0.329 bits per heavy atom. The van der Waals surface area contributed by atoms with Crippen LogP contribution in [0, 0.1) is 23.3 Å². The highest BCUT2D eigenvalue weighted by atomic mass is 32.1. The Morgan fingerprint density at radius 2 is 0.621 bits per heavy atom. The first-order valence-corrected chi connectivity index (χ1v) is 58.7. The van der Waals surface area contributed by atoms with Gasteiger partial charge < -0.3 is 101 Å². The Hall–Kier alpha value is -3.10. The summed E-state index contributed by atoms with van der Waals surface area (Å²) in [5, 5.41) is 126. The third-order valence-corrected chi connectivity index (χ3v) is 29.5. The zero-order valence-electron chi connectivity index (χ0n) is 88.1. The number of hydrogen-bond acceptors (Lipinski definition) is 20. The van der Waals surface area contributed by atoms with Crippen LogP contribution in [0.3, 0.4) is 0 Å². The Kier molecular flexibility index (Phi) is 81.0. The average molecular weight is 2030 g/mol. The quantitative estimate of drug-likeness (QED) is 0.0166. The molecule has 0 saturated carbocycles. The Morgan fingerprint density at radius 3 is 0.971 bits per heavy atom. The standard InChI is InChI=1S/C114H206F4N4O16S2/c1-4-7-10-13-16-19-22-25-27-29-31-33-35-37-39-41-43-45-49-54-59-64-69-74-84-119-95(87-133-111-109(131)107(129)105(127)99(137-111)88-134-113(139)121-94-86-90(115)82-83-91(94)116)103(125)96(123)79-71-66-61-56-52-47-48-53-58-63-68-73-81-98(136-112-110(132)108(130)106(128)100(138-112)89-135-114(140)122-101-92(117)77-76-78-93(101)118)102(104(126)97(124)80-72-67-62-57-51-24-21-18-15-12-9-6-3)120-85-75-70-65-60-55-50-46-44-42-40-38-36-34-32-30-28-26-23-20-17-14-11-8-5-2/h76-78,82-83,86,95-100,102-112,119-120,123-132H,4-75,79-81,84-85,87-89H2,1-3H3,(H,121,139)(H,122,140)/t95?,96?,97-,98?,99-,100-,102-,103?,104-,105+,106+,107+,108+,109-,110-,111+,112+/m1/s1. The van der Waals surface area contributed by atoms with E-state index >= 15 is 0 Å². The predicted octanol–water partition coefficient (Wildman–Crippen LogP) is 27.1. The summed E-state index contributed by atoms with van der Waals surface area (Å²) in [6, 6.07) is 4.51. The molecule has 0 amide bonds. The van der Waals surface area contributed by atoms with Crippen molar-refractivity contribution in [2.45, 2.75) is 606 Å². The van der Waals surface area contributed by atoms with Crippen LogP contribution < -0.4 is 21.3 Å². The highest BCUT2D eigenvalue weighted by molar-refractivity contribution is 7.80. The number of benzene rings is 2. The van der Waals surface area contributed by atoms with Gasteiger partial charge >= 0.3 is 0 Å². The van der Waals surface area contributed by atoms with E-state index in [4.69, 9.17) is 52.9 Å². The van der Waals surface area contributed by atoms with E-state index in [9.17, 15) is 68.6 Å². The lowest BCUT2D eigenvalue weighted by molar-refractivity contribution is -0.314. The summed E-state index contributed by atoms with van der Waals surface area (Å²) in [4.78, 5) is 0. The van der Waals surface area contributed by atoms with E-state index in [1.165, 1.54) is 314 Å². The minimum absolute atomic E-state index is 0.233. The molecule has 818 valence electrons. The summed E-state index contributed by atoms with van der Waals surface area (Å²) >= 11 is 10.5. The van der Waals surface area contributed by atoms with Crippen LogP contribution in [0.4, 0.5) is 28.9 Å². The summed E-state index contributed by atoms with van der Waals surface area (Å²) in [5.41, 5.74) is -0.797. The van der Waals surface area contributed by atoms with Crippen molar-refractivity contribution in [2.24, 2.45) is 0 Å². The summed E-state index contributed by atoms with van der Waals surface area (Å²) in [6.07, 6.45) is 66.9. The van der Waals surface area contributed by atoms with Gasteiger partial charge in [-0.3, -0.25) is 0 Å². The van der Waals surface area contributed by atoms with Crippen LogP contribution in [0.1, 0.15) is 502 Å². The molecule has 0 spiro atoms. The molecule has 0 aliphatic carbocycles. The molecule has 2 aliphatic heterocycles. The van der Waals surface area contributed by atoms with E-state index in [1.807, 2.05) is 0 Å². The van der Waals surface area contributed by atoms with Gasteiger partial charge in [0, 0.05) is 6.07 Å². The van der Waals surface area contributed by atoms with Crippen molar-refractivity contribution < 1.29 is 97.0 Å². The number of anilines is 2. The molecule has 14 N–H and O–H groups in total.